The van der Waals surface area contributed by atoms with Crippen molar-refractivity contribution in [3.8, 4) is 33.5 Å². The molecule has 0 saturated carbocycles. The summed E-state index contributed by atoms with van der Waals surface area (Å²) in [5.41, 5.74) is 7.93. The summed E-state index contributed by atoms with van der Waals surface area (Å²) in [6, 6.07) is 36.5. The highest BCUT2D eigenvalue weighted by Crippen LogP contribution is 2.41. The van der Waals surface area contributed by atoms with E-state index in [2.05, 4.69) is 96.0 Å². The quantitative estimate of drug-likeness (QED) is 0.257. The Hall–Kier alpha value is -3.75. The van der Waals surface area contributed by atoms with Gasteiger partial charge in [-0.15, -0.1) is 11.3 Å². The van der Waals surface area contributed by atoms with Crippen LogP contribution in [0.3, 0.4) is 0 Å². The first-order chi connectivity index (χ1) is 17.0. The molecule has 0 aliphatic heterocycles. The second-order valence-corrected chi connectivity index (χ2v) is 9.92. The standard InChI is InChI=1S/C32H25NS/c1-21(2)25-17-18-33-30(20-25)28-10-6-9-27-29-19-26(15-16-31(29)34-32(27)28)24-13-11-23(12-14-24)22-7-4-3-5-8-22/h3-21H,1-2H3/i21D. The Morgan fingerprint density at radius 2 is 1.38 bits per heavy atom. The lowest BCUT2D eigenvalue weighted by molar-refractivity contribution is 0.864. The summed E-state index contributed by atoms with van der Waals surface area (Å²) >= 11 is 1.81. The molecule has 0 bridgehead atoms. The third-order valence-electron chi connectivity index (χ3n) is 6.44. The molecule has 2 heteroatoms. The summed E-state index contributed by atoms with van der Waals surface area (Å²) < 4.78 is 10.9. The van der Waals surface area contributed by atoms with Gasteiger partial charge < -0.3 is 0 Å². The van der Waals surface area contributed by atoms with Crippen LogP contribution >= 0.6 is 11.3 Å². The predicted octanol–water partition coefficient (Wildman–Crippen LogP) is 9.57. The van der Waals surface area contributed by atoms with Gasteiger partial charge in [-0.25, -0.2) is 0 Å². The first-order valence-corrected chi connectivity index (χ1v) is 12.4. The number of fused-ring (bicyclic) bond motifs is 3. The molecule has 0 amide bonds. The number of nitrogens with zero attached hydrogens (tertiary/aromatic N) is 1. The van der Waals surface area contributed by atoms with E-state index in [1.165, 1.54) is 42.4 Å². The predicted molar refractivity (Wildman–Crippen MR) is 148 cm³/mol. The molecule has 6 aromatic rings. The fourth-order valence-electron chi connectivity index (χ4n) is 4.55. The van der Waals surface area contributed by atoms with Crippen LogP contribution in [0.2, 0.25) is 0 Å². The maximum absolute atomic E-state index is 8.43. The molecule has 0 spiro atoms. The minimum absolute atomic E-state index is 0.656. The topological polar surface area (TPSA) is 12.9 Å². The van der Waals surface area contributed by atoms with E-state index in [9.17, 15) is 0 Å². The summed E-state index contributed by atoms with van der Waals surface area (Å²) in [4.78, 5) is 4.67. The van der Waals surface area contributed by atoms with E-state index in [1.54, 1.807) is 0 Å². The van der Waals surface area contributed by atoms with Gasteiger partial charge in [-0.1, -0.05) is 92.7 Å². The van der Waals surface area contributed by atoms with Crippen molar-refractivity contribution in [2.75, 3.05) is 0 Å². The van der Waals surface area contributed by atoms with E-state index >= 15 is 0 Å². The van der Waals surface area contributed by atoms with Crippen molar-refractivity contribution in [2.45, 2.75) is 19.7 Å². The van der Waals surface area contributed by atoms with Gasteiger partial charge in [-0.05, 0) is 58.0 Å². The highest BCUT2D eigenvalue weighted by molar-refractivity contribution is 7.26. The van der Waals surface area contributed by atoms with Crippen molar-refractivity contribution in [2.24, 2.45) is 0 Å². The molecule has 0 aliphatic carbocycles. The zero-order valence-electron chi connectivity index (χ0n) is 20.2. The molecule has 0 unspecified atom stereocenters. The summed E-state index contributed by atoms with van der Waals surface area (Å²) in [5, 5.41) is 2.52. The third-order valence-corrected chi connectivity index (χ3v) is 7.66. The van der Waals surface area contributed by atoms with Gasteiger partial charge in [0.05, 0.1) is 5.69 Å². The van der Waals surface area contributed by atoms with E-state index in [-0.39, 0.29) is 0 Å². The summed E-state index contributed by atoms with van der Waals surface area (Å²) in [6.45, 7) is 3.83. The van der Waals surface area contributed by atoms with Crippen molar-refractivity contribution < 1.29 is 1.37 Å². The molecule has 1 nitrogen and oxygen atoms in total. The maximum Gasteiger partial charge on any atom is 0.0719 e. The van der Waals surface area contributed by atoms with Gasteiger partial charge in [0, 0.05) is 33.3 Å². The van der Waals surface area contributed by atoms with Crippen LogP contribution in [-0.2, 0) is 0 Å². The fourth-order valence-corrected chi connectivity index (χ4v) is 5.76. The van der Waals surface area contributed by atoms with E-state index < -0.39 is 5.89 Å². The van der Waals surface area contributed by atoms with Gasteiger partial charge >= 0.3 is 0 Å². The molecule has 0 N–H and O–H groups in total. The molecular formula is C32H25NS. The van der Waals surface area contributed by atoms with Gasteiger partial charge in [0.1, 0.15) is 0 Å². The largest absolute Gasteiger partial charge is 0.256 e. The van der Waals surface area contributed by atoms with Crippen LogP contribution < -0.4 is 0 Å². The van der Waals surface area contributed by atoms with E-state index in [4.69, 9.17) is 1.37 Å². The molecule has 0 radical (unpaired) electrons. The normalized spacial score (nSPS) is 12.2. The Morgan fingerprint density at radius 3 is 2.15 bits per heavy atom. The number of pyridine rings is 1. The van der Waals surface area contributed by atoms with Crippen LogP contribution in [0.15, 0.2) is 109 Å². The fraction of sp³-hybridized carbons (Fsp3) is 0.0938. The van der Waals surface area contributed by atoms with Crippen molar-refractivity contribution in [3.05, 3.63) is 115 Å². The van der Waals surface area contributed by atoms with Crippen molar-refractivity contribution in [3.63, 3.8) is 0 Å². The lowest BCUT2D eigenvalue weighted by Gasteiger charge is -2.08. The van der Waals surface area contributed by atoms with Gasteiger partial charge in [0.25, 0.3) is 0 Å². The van der Waals surface area contributed by atoms with Crippen LogP contribution in [0, 0.1) is 0 Å². The minimum Gasteiger partial charge on any atom is -0.256 e. The maximum atomic E-state index is 8.43. The number of benzene rings is 4. The van der Waals surface area contributed by atoms with E-state index in [1.807, 2.05) is 43.5 Å². The molecule has 34 heavy (non-hydrogen) atoms. The smallest absolute Gasteiger partial charge is 0.0719 e. The molecule has 0 fully saturated rings. The van der Waals surface area contributed by atoms with Crippen LogP contribution in [0.5, 0.6) is 0 Å². The van der Waals surface area contributed by atoms with E-state index in [0.29, 0.717) is 0 Å². The molecule has 164 valence electrons. The Balaban J connectivity index is 1.43. The Bertz CT molecular complexity index is 1660. The van der Waals surface area contributed by atoms with Crippen molar-refractivity contribution in [1.29, 1.82) is 0 Å². The van der Waals surface area contributed by atoms with Crippen molar-refractivity contribution in [1.82, 2.24) is 4.98 Å². The van der Waals surface area contributed by atoms with Crippen molar-refractivity contribution >= 4 is 31.5 Å². The van der Waals surface area contributed by atoms with Gasteiger partial charge in [-0.3, -0.25) is 4.98 Å². The number of rotatable bonds is 4. The minimum atomic E-state index is -0.656. The lowest BCUT2D eigenvalue weighted by Crippen LogP contribution is -1.90. The van der Waals surface area contributed by atoms with Gasteiger partial charge in [0.15, 0.2) is 0 Å². The molecule has 2 heterocycles. The van der Waals surface area contributed by atoms with Gasteiger partial charge in [0.2, 0.25) is 0 Å². The van der Waals surface area contributed by atoms with Gasteiger partial charge in [-0.2, -0.15) is 0 Å². The molecule has 6 rings (SSSR count). The zero-order chi connectivity index (χ0) is 24.0. The number of hydrogen-bond donors (Lipinski definition) is 0. The molecule has 0 saturated heterocycles. The zero-order valence-corrected chi connectivity index (χ0v) is 20.1. The average molecular weight is 457 g/mol. The molecule has 0 aliphatic rings. The number of aromatic nitrogens is 1. The molecule has 0 atom stereocenters. The Morgan fingerprint density at radius 1 is 0.676 bits per heavy atom. The number of hydrogen-bond acceptors (Lipinski definition) is 2. The average Bonchev–Trinajstić information content (AvgIpc) is 3.27. The molecule has 4 aromatic carbocycles. The molecular weight excluding hydrogens is 430 g/mol. The number of thiophene rings is 1. The summed E-state index contributed by atoms with van der Waals surface area (Å²) in [5.74, 6) is -0.656. The Kier molecular flexibility index (Phi) is 4.95. The first kappa shape index (κ1) is 19.7. The monoisotopic (exact) mass is 456 g/mol. The first-order valence-electron chi connectivity index (χ1n) is 12.1. The van der Waals surface area contributed by atoms with Crippen LogP contribution in [0.1, 0.15) is 26.7 Å². The van der Waals surface area contributed by atoms with Crippen LogP contribution in [0.25, 0.3) is 53.7 Å². The van der Waals surface area contributed by atoms with Crippen LogP contribution in [0.4, 0.5) is 0 Å². The SMILES string of the molecule is [2H]C(C)(C)c1ccnc(-c2cccc3c2sc2ccc(-c4ccc(-c5ccccc5)cc4)cc23)c1. The Labute approximate surface area is 205 Å². The lowest BCUT2D eigenvalue weighted by atomic mass is 9.98. The highest BCUT2D eigenvalue weighted by atomic mass is 32.1. The second-order valence-electron chi connectivity index (χ2n) is 8.87. The molecule has 2 aromatic heterocycles. The van der Waals surface area contributed by atoms with Crippen LogP contribution in [-0.4, -0.2) is 4.98 Å². The third kappa shape index (κ3) is 3.70. The second kappa shape index (κ2) is 8.55. The highest BCUT2D eigenvalue weighted by Gasteiger charge is 2.13. The summed E-state index contributed by atoms with van der Waals surface area (Å²) in [6.07, 6.45) is 1.82. The summed E-state index contributed by atoms with van der Waals surface area (Å²) in [7, 11) is 0. The van der Waals surface area contributed by atoms with E-state index in [0.717, 1.165) is 16.8 Å².